The van der Waals surface area contributed by atoms with E-state index in [-0.39, 0.29) is 11.8 Å². The van der Waals surface area contributed by atoms with E-state index in [1.165, 1.54) is 38.4 Å². The van der Waals surface area contributed by atoms with Crippen LogP contribution in [0.25, 0.3) is 0 Å². The molecule has 31 heavy (non-hydrogen) atoms. The molecule has 7 heteroatoms. The molecule has 3 rings (SSSR count). The molecule has 1 saturated heterocycles. The number of rotatable bonds is 9. The van der Waals surface area contributed by atoms with E-state index in [1.807, 2.05) is 30.3 Å². The first-order chi connectivity index (χ1) is 15.1. The van der Waals surface area contributed by atoms with Crippen LogP contribution in [-0.4, -0.2) is 45.7 Å². The number of anilines is 2. The van der Waals surface area contributed by atoms with Crippen LogP contribution in [0.2, 0.25) is 0 Å². The van der Waals surface area contributed by atoms with E-state index < -0.39 is 0 Å². The summed E-state index contributed by atoms with van der Waals surface area (Å²) >= 11 is 0. The third-order valence-corrected chi connectivity index (χ3v) is 5.52. The van der Waals surface area contributed by atoms with Crippen molar-refractivity contribution in [2.24, 2.45) is 0 Å². The highest BCUT2D eigenvalue weighted by Crippen LogP contribution is 2.36. The average Bonchev–Trinajstić information content (AvgIpc) is 2.79. The van der Waals surface area contributed by atoms with Gasteiger partial charge in [-0.2, -0.15) is 0 Å². The summed E-state index contributed by atoms with van der Waals surface area (Å²) in [4.78, 5) is 26.3. The molecule has 2 amide bonds. The molecular weight excluding hydrogens is 394 g/mol. The second-order valence-corrected chi connectivity index (χ2v) is 7.82. The summed E-state index contributed by atoms with van der Waals surface area (Å²) < 4.78 is 10.9. The Morgan fingerprint density at radius 1 is 0.871 bits per heavy atom. The smallest absolute Gasteiger partial charge is 0.279 e. The van der Waals surface area contributed by atoms with Crippen LogP contribution >= 0.6 is 0 Å². The first-order valence-electron chi connectivity index (χ1n) is 10.8. The minimum absolute atomic E-state index is 0.0584. The Morgan fingerprint density at radius 2 is 1.45 bits per heavy atom. The summed E-state index contributed by atoms with van der Waals surface area (Å²) in [5, 5.41) is 5.83. The molecule has 2 aromatic carbocycles. The molecule has 0 unspecified atom stereocenters. The Labute approximate surface area is 183 Å². The Kier molecular flexibility index (Phi) is 8.29. The van der Waals surface area contributed by atoms with Gasteiger partial charge in [0.2, 0.25) is 5.91 Å². The third kappa shape index (κ3) is 6.72. The van der Waals surface area contributed by atoms with Crippen LogP contribution in [-0.2, 0) is 16.0 Å². The molecule has 1 aliphatic rings. The lowest BCUT2D eigenvalue weighted by Gasteiger charge is -2.23. The Balaban J connectivity index is 1.64. The molecule has 0 atom stereocenters. The minimum atomic E-state index is -0.116. The van der Waals surface area contributed by atoms with Crippen molar-refractivity contribution in [1.29, 1.82) is 0 Å². The van der Waals surface area contributed by atoms with Crippen molar-refractivity contribution < 1.29 is 24.0 Å². The zero-order valence-electron chi connectivity index (χ0n) is 18.3. The first-order valence-corrected chi connectivity index (χ1v) is 10.8. The minimum Gasteiger partial charge on any atom is -0.494 e. The molecule has 1 aliphatic heterocycles. The molecule has 0 bridgehead atoms. The van der Waals surface area contributed by atoms with Gasteiger partial charge in [-0.1, -0.05) is 30.3 Å². The number of carbonyl (C=O) groups excluding carboxylic acids is 2. The van der Waals surface area contributed by atoms with Gasteiger partial charge in [-0.3, -0.25) is 9.59 Å². The fourth-order valence-corrected chi connectivity index (χ4v) is 3.86. The highest BCUT2D eigenvalue weighted by Gasteiger charge is 2.20. The maximum atomic E-state index is 12.5. The van der Waals surface area contributed by atoms with Crippen LogP contribution in [0, 0.1) is 0 Å². The molecule has 0 saturated carbocycles. The van der Waals surface area contributed by atoms with Crippen LogP contribution in [0.3, 0.4) is 0 Å². The van der Waals surface area contributed by atoms with Crippen molar-refractivity contribution in [2.75, 3.05) is 44.5 Å². The normalized spacial score (nSPS) is 14.0. The number of hydrogen-bond acceptors (Lipinski definition) is 4. The number of ether oxygens (including phenoxy) is 2. The van der Waals surface area contributed by atoms with Gasteiger partial charge in [-0.25, -0.2) is 0 Å². The molecule has 0 aliphatic carbocycles. The van der Waals surface area contributed by atoms with Crippen LogP contribution < -0.4 is 25.0 Å². The van der Waals surface area contributed by atoms with Gasteiger partial charge in [0.15, 0.2) is 6.54 Å². The van der Waals surface area contributed by atoms with Crippen molar-refractivity contribution >= 4 is 23.2 Å². The fraction of sp³-hybridized carbons (Fsp3) is 0.417. The zero-order valence-corrected chi connectivity index (χ0v) is 18.3. The van der Waals surface area contributed by atoms with Crippen LogP contribution in [0.4, 0.5) is 11.4 Å². The summed E-state index contributed by atoms with van der Waals surface area (Å²) in [7, 11) is 3.07. The van der Waals surface area contributed by atoms with Gasteiger partial charge in [0.05, 0.1) is 38.7 Å². The molecule has 7 nitrogen and oxygen atoms in total. The average molecular weight is 427 g/mol. The van der Waals surface area contributed by atoms with E-state index in [1.54, 1.807) is 12.1 Å². The van der Waals surface area contributed by atoms with Gasteiger partial charge in [0.25, 0.3) is 5.91 Å². The van der Waals surface area contributed by atoms with Gasteiger partial charge < -0.3 is 25.0 Å². The van der Waals surface area contributed by atoms with Gasteiger partial charge in [0.1, 0.15) is 11.5 Å². The molecule has 2 aromatic rings. The Morgan fingerprint density at radius 3 is 2.03 bits per heavy atom. The number of amides is 2. The molecule has 0 spiro atoms. The topological polar surface area (TPSA) is 81.1 Å². The predicted octanol–water partition coefficient (Wildman–Crippen LogP) is 2.28. The third-order valence-electron chi connectivity index (χ3n) is 5.52. The van der Waals surface area contributed by atoms with E-state index in [4.69, 9.17) is 9.47 Å². The molecule has 1 fully saturated rings. The summed E-state index contributed by atoms with van der Waals surface area (Å²) in [5.74, 6) is 0.766. The summed E-state index contributed by atoms with van der Waals surface area (Å²) in [6.45, 7) is 2.49. The highest BCUT2D eigenvalue weighted by atomic mass is 16.5. The lowest BCUT2D eigenvalue weighted by molar-refractivity contribution is -0.896. The van der Waals surface area contributed by atoms with Crippen molar-refractivity contribution in [3.63, 3.8) is 0 Å². The Bertz CT molecular complexity index is 880. The predicted molar refractivity (Wildman–Crippen MR) is 121 cm³/mol. The number of nitrogens with one attached hydrogen (secondary N) is 3. The molecule has 0 aromatic heterocycles. The van der Waals surface area contributed by atoms with Crippen molar-refractivity contribution in [2.45, 2.75) is 32.1 Å². The summed E-state index contributed by atoms with van der Waals surface area (Å²) in [5.41, 5.74) is 2.15. The standard InChI is InChI=1S/C24H31N3O4/c1-30-21-16-20(26-24(29)17-27-13-7-4-8-14-27)22(31-2)15-19(21)25-23(28)12-11-18-9-5-3-6-10-18/h3,5-6,9-10,15-16H,4,7-8,11-14,17H2,1-2H3,(H,25,28)(H,26,29)/p+1. The molecule has 1 heterocycles. The second kappa shape index (κ2) is 11.4. The number of benzene rings is 2. The number of quaternary nitrogens is 1. The first kappa shape index (κ1) is 22.6. The van der Waals surface area contributed by atoms with E-state index in [9.17, 15) is 9.59 Å². The van der Waals surface area contributed by atoms with Crippen molar-refractivity contribution in [1.82, 2.24) is 0 Å². The number of hydrogen-bond donors (Lipinski definition) is 3. The van der Waals surface area contributed by atoms with Gasteiger partial charge >= 0.3 is 0 Å². The van der Waals surface area contributed by atoms with Crippen LogP contribution in [0.5, 0.6) is 11.5 Å². The van der Waals surface area contributed by atoms with Gasteiger partial charge in [-0.15, -0.1) is 0 Å². The second-order valence-electron chi connectivity index (χ2n) is 7.82. The molecule has 0 radical (unpaired) electrons. The molecule has 166 valence electrons. The number of carbonyl (C=O) groups is 2. The highest BCUT2D eigenvalue weighted by molar-refractivity contribution is 5.96. The van der Waals surface area contributed by atoms with E-state index >= 15 is 0 Å². The fourth-order valence-electron chi connectivity index (χ4n) is 3.86. The van der Waals surface area contributed by atoms with E-state index in [0.717, 1.165) is 18.7 Å². The molecule has 3 N–H and O–H groups in total. The molecular formula is C24H32N3O4+. The zero-order chi connectivity index (χ0) is 22.1. The van der Waals surface area contributed by atoms with Crippen molar-refractivity contribution in [3.8, 4) is 11.5 Å². The van der Waals surface area contributed by atoms with E-state index in [2.05, 4.69) is 10.6 Å². The lowest BCUT2D eigenvalue weighted by Crippen LogP contribution is -3.13. The summed E-state index contributed by atoms with van der Waals surface area (Å²) in [6.07, 6.45) is 4.58. The van der Waals surface area contributed by atoms with Crippen molar-refractivity contribution in [3.05, 3.63) is 48.0 Å². The number of likely N-dealkylation sites (tertiary alicyclic amines) is 1. The lowest BCUT2D eigenvalue weighted by atomic mass is 10.1. The van der Waals surface area contributed by atoms with Crippen LogP contribution in [0.1, 0.15) is 31.2 Å². The van der Waals surface area contributed by atoms with E-state index in [0.29, 0.717) is 42.3 Å². The quantitative estimate of drug-likeness (QED) is 0.575. The van der Waals surface area contributed by atoms with Gasteiger partial charge in [0, 0.05) is 18.6 Å². The maximum absolute atomic E-state index is 12.5. The number of methoxy groups -OCH3 is 2. The number of aryl methyl sites for hydroxylation is 1. The maximum Gasteiger partial charge on any atom is 0.279 e. The largest absolute Gasteiger partial charge is 0.494 e. The Hall–Kier alpha value is -3.06. The number of piperidine rings is 1. The van der Waals surface area contributed by atoms with Gasteiger partial charge in [-0.05, 0) is 31.2 Å². The summed E-state index contributed by atoms with van der Waals surface area (Å²) in [6, 6.07) is 13.2. The SMILES string of the molecule is COc1cc(NC(=O)C[NH+]2CCCCC2)c(OC)cc1NC(=O)CCc1ccccc1. The van der Waals surface area contributed by atoms with Crippen LogP contribution in [0.15, 0.2) is 42.5 Å². The monoisotopic (exact) mass is 426 g/mol.